The van der Waals surface area contributed by atoms with E-state index in [-0.39, 0.29) is 5.41 Å². The molecule has 1 heterocycles. The minimum atomic E-state index is -2.41. The molecule has 0 saturated heterocycles. The fourth-order valence-corrected chi connectivity index (χ4v) is 1.94. The van der Waals surface area contributed by atoms with Crippen LogP contribution in [0.15, 0.2) is 11.1 Å². The van der Waals surface area contributed by atoms with E-state index in [1.165, 1.54) is 0 Å². The van der Waals surface area contributed by atoms with E-state index in [0.29, 0.717) is 16.8 Å². The fraction of sp³-hybridized carbons (Fsp3) is 0.700. The summed E-state index contributed by atoms with van der Waals surface area (Å²) in [6.45, 7) is 6.24. The summed E-state index contributed by atoms with van der Waals surface area (Å²) in [5, 5.41) is 4.46. The van der Waals surface area contributed by atoms with Crippen LogP contribution in [0.2, 0.25) is 0 Å². The van der Waals surface area contributed by atoms with Crippen molar-refractivity contribution in [3.8, 4) is 0 Å². The molecule has 0 N–H and O–H groups in total. The first-order valence-electron chi connectivity index (χ1n) is 4.86. The Bertz CT molecular complexity index is 334. The average molecular weight is 234 g/mol. The Balaban J connectivity index is 2.96. The van der Waals surface area contributed by atoms with Crippen LogP contribution >= 0.6 is 11.8 Å². The second-order valence-electron chi connectivity index (χ2n) is 4.11. The second-order valence-corrected chi connectivity index (χ2v) is 5.12. The fourth-order valence-electron chi connectivity index (χ4n) is 1.40. The normalized spacial score (nSPS) is 12.5. The molecule has 0 amide bonds. The van der Waals surface area contributed by atoms with Crippen LogP contribution in [0, 0.1) is 0 Å². The number of aromatic nitrogens is 2. The number of rotatable bonds is 4. The summed E-state index contributed by atoms with van der Waals surface area (Å²) < 4.78 is 26.0. The monoisotopic (exact) mass is 234 g/mol. The van der Waals surface area contributed by atoms with Gasteiger partial charge >= 0.3 is 0 Å². The van der Waals surface area contributed by atoms with E-state index in [0.717, 1.165) is 12.1 Å². The quantitative estimate of drug-likeness (QED) is 0.743. The van der Waals surface area contributed by atoms with Gasteiger partial charge in [0.25, 0.3) is 5.76 Å². The maximum Gasteiger partial charge on any atom is 0.290 e. The topological polar surface area (TPSA) is 17.8 Å². The molecular formula is C10H16F2N2S. The smallest absolute Gasteiger partial charge is 0.271 e. The molecule has 1 aromatic heterocycles. The van der Waals surface area contributed by atoms with Crippen molar-refractivity contribution >= 4 is 11.8 Å². The first-order chi connectivity index (χ1) is 6.86. The van der Waals surface area contributed by atoms with Crippen molar-refractivity contribution in [1.29, 1.82) is 0 Å². The third kappa shape index (κ3) is 2.93. The standard InChI is InChI=1S/C10H16F2N2S/c1-5-10(2,3)7-6-8(13-14(7)4)15-9(11)12/h6,9H,5H2,1-4H3. The van der Waals surface area contributed by atoms with E-state index in [4.69, 9.17) is 0 Å². The van der Waals surface area contributed by atoms with Crippen LogP contribution in [0.3, 0.4) is 0 Å². The Morgan fingerprint density at radius 1 is 1.53 bits per heavy atom. The van der Waals surface area contributed by atoms with Gasteiger partial charge in [-0.2, -0.15) is 13.9 Å². The maximum absolute atomic E-state index is 12.2. The molecule has 2 nitrogen and oxygen atoms in total. The van der Waals surface area contributed by atoms with Gasteiger partial charge in [-0.15, -0.1) is 0 Å². The van der Waals surface area contributed by atoms with Crippen LogP contribution in [0.5, 0.6) is 0 Å². The number of nitrogens with zero attached hydrogens (tertiary/aromatic N) is 2. The van der Waals surface area contributed by atoms with Crippen LogP contribution in [0.25, 0.3) is 0 Å². The zero-order valence-corrected chi connectivity index (χ0v) is 10.2. The molecule has 0 saturated carbocycles. The number of hydrogen-bond acceptors (Lipinski definition) is 2. The third-order valence-corrected chi connectivity index (χ3v) is 3.26. The van der Waals surface area contributed by atoms with Crippen LogP contribution in [-0.4, -0.2) is 15.5 Å². The summed E-state index contributed by atoms with van der Waals surface area (Å²) in [6.07, 6.45) is 0.950. The number of hydrogen-bond donors (Lipinski definition) is 0. The van der Waals surface area contributed by atoms with Gasteiger partial charge in [0.15, 0.2) is 0 Å². The van der Waals surface area contributed by atoms with Crippen LogP contribution in [0.4, 0.5) is 8.78 Å². The van der Waals surface area contributed by atoms with Gasteiger partial charge in [-0.25, -0.2) is 0 Å². The predicted molar refractivity (Wildman–Crippen MR) is 58.4 cm³/mol. The Kier molecular flexibility index (Phi) is 3.76. The molecule has 15 heavy (non-hydrogen) atoms. The first-order valence-corrected chi connectivity index (χ1v) is 5.74. The summed E-state index contributed by atoms with van der Waals surface area (Å²) in [5.41, 5.74) is 0.969. The van der Waals surface area contributed by atoms with Gasteiger partial charge in [0.05, 0.1) is 0 Å². The highest BCUT2D eigenvalue weighted by atomic mass is 32.2. The van der Waals surface area contributed by atoms with Crippen molar-refractivity contribution in [1.82, 2.24) is 9.78 Å². The summed E-state index contributed by atoms with van der Waals surface area (Å²) in [6, 6.07) is 1.75. The van der Waals surface area contributed by atoms with Crippen molar-refractivity contribution < 1.29 is 8.78 Å². The molecule has 0 radical (unpaired) electrons. The highest BCUT2D eigenvalue weighted by Crippen LogP contribution is 2.31. The van der Waals surface area contributed by atoms with Gasteiger partial charge in [-0.3, -0.25) is 4.68 Å². The van der Waals surface area contributed by atoms with E-state index in [1.54, 1.807) is 17.8 Å². The molecule has 0 aliphatic heterocycles. The van der Waals surface area contributed by atoms with Gasteiger partial charge in [-0.1, -0.05) is 20.8 Å². The lowest BCUT2D eigenvalue weighted by Gasteiger charge is -2.22. The molecule has 0 fully saturated rings. The van der Waals surface area contributed by atoms with Gasteiger partial charge < -0.3 is 0 Å². The Labute approximate surface area is 93.0 Å². The summed E-state index contributed by atoms with van der Waals surface area (Å²) in [7, 11) is 1.79. The van der Waals surface area contributed by atoms with Gasteiger partial charge in [0.1, 0.15) is 5.03 Å². The number of alkyl halides is 2. The highest BCUT2D eigenvalue weighted by Gasteiger charge is 2.23. The number of halogens is 2. The lowest BCUT2D eigenvalue weighted by atomic mass is 9.86. The summed E-state index contributed by atoms with van der Waals surface area (Å²) in [5.74, 6) is -2.41. The van der Waals surface area contributed by atoms with Crippen molar-refractivity contribution in [3.63, 3.8) is 0 Å². The Morgan fingerprint density at radius 2 is 2.13 bits per heavy atom. The van der Waals surface area contributed by atoms with Gasteiger partial charge in [0, 0.05) is 18.2 Å². The number of thioether (sulfide) groups is 1. The summed E-state index contributed by atoms with van der Waals surface area (Å²) in [4.78, 5) is 0. The van der Waals surface area contributed by atoms with E-state index < -0.39 is 5.76 Å². The SMILES string of the molecule is CCC(C)(C)c1cc(SC(F)F)nn1C. The van der Waals surface area contributed by atoms with E-state index in [9.17, 15) is 8.78 Å². The molecule has 1 aromatic rings. The molecule has 0 unspecified atom stereocenters. The van der Waals surface area contributed by atoms with Gasteiger partial charge in [-0.05, 0) is 24.2 Å². The predicted octanol–water partition coefficient (Wildman–Crippen LogP) is 3.42. The van der Waals surface area contributed by atoms with Crippen molar-refractivity contribution in [2.45, 2.75) is 43.4 Å². The zero-order valence-electron chi connectivity index (χ0n) is 9.42. The first kappa shape index (κ1) is 12.5. The molecule has 5 heteroatoms. The number of aryl methyl sites for hydroxylation is 1. The highest BCUT2D eigenvalue weighted by molar-refractivity contribution is 7.99. The van der Waals surface area contributed by atoms with E-state index in [2.05, 4.69) is 25.9 Å². The maximum atomic E-state index is 12.2. The Morgan fingerprint density at radius 3 is 2.60 bits per heavy atom. The minimum Gasteiger partial charge on any atom is -0.271 e. The molecule has 0 aliphatic carbocycles. The molecule has 0 aliphatic rings. The zero-order chi connectivity index (χ0) is 11.6. The lowest BCUT2D eigenvalue weighted by molar-refractivity contribution is 0.252. The van der Waals surface area contributed by atoms with Crippen LogP contribution in [-0.2, 0) is 12.5 Å². The van der Waals surface area contributed by atoms with Crippen LogP contribution in [0.1, 0.15) is 32.9 Å². The molecule has 0 spiro atoms. The van der Waals surface area contributed by atoms with E-state index in [1.807, 2.05) is 0 Å². The summed E-state index contributed by atoms with van der Waals surface area (Å²) >= 11 is 0.495. The van der Waals surface area contributed by atoms with Gasteiger partial charge in [0.2, 0.25) is 0 Å². The minimum absolute atomic E-state index is 0.0251. The molecule has 0 bridgehead atoms. The molecule has 1 rings (SSSR count). The molecule has 86 valence electrons. The van der Waals surface area contributed by atoms with E-state index >= 15 is 0 Å². The largest absolute Gasteiger partial charge is 0.290 e. The van der Waals surface area contributed by atoms with Crippen molar-refractivity contribution in [2.24, 2.45) is 7.05 Å². The van der Waals surface area contributed by atoms with Crippen molar-refractivity contribution in [3.05, 3.63) is 11.8 Å². The molecule has 0 atom stereocenters. The molecular weight excluding hydrogens is 218 g/mol. The third-order valence-electron chi connectivity index (χ3n) is 2.64. The molecule has 0 aromatic carbocycles. The Hall–Kier alpha value is -0.580. The van der Waals surface area contributed by atoms with Crippen molar-refractivity contribution in [2.75, 3.05) is 0 Å². The second kappa shape index (κ2) is 4.51. The lowest BCUT2D eigenvalue weighted by Crippen LogP contribution is -2.19. The van der Waals surface area contributed by atoms with Crippen LogP contribution < -0.4 is 0 Å². The average Bonchev–Trinajstić information content (AvgIpc) is 2.46.